The molecule has 2 aromatic heterocycles. The van der Waals surface area contributed by atoms with Gasteiger partial charge < -0.3 is 19.7 Å². The van der Waals surface area contributed by atoms with Crippen LogP contribution in [-0.2, 0) is 0 Å². The monoisotopic (exact) mass is 407 g/mol. The van der Waals surface area contributed by atoms with Crippen LogP contribution in [0.2, 0.25) is 0 Å². The molecular formula is C22H21N3O3S. The Hall–Kier alpha value is -3.19. The van der Waals surface area contributed by atoms with Gasteiger partial charge >= 0.3 is 5.97 Å². The first-order valence-electron chi connectivity index (χ1n) is 9.50. The summed E-state index contributed by atoms with van der Waals surface area (Å²) in [5, 5.41) is 13.2. The number of benzene rings is 1. The van der Waals surface area contributed by atoms with Gasteiger partial charge in [-0.05, 0) is 55.0 Å². The summed E-state index contributed by atoms with van der Waals surface area (Å²) >= 11 is 5.59. The first kappa shape index (κ1) is 19.1. The SMILES string of the molecule is CCCN1C(=S)N[C@H](c2ccccn2)[C@H]1c1ccc(-c2ccc(C(=O)O)cc2)o1. The molecule has 1 fully saturated rings. The summed E-state index contributed by atoms with van der Waals surface area (Å²) in [5.74, 6) is 0.528. The van der Waals surface area contributed by atoms with Crippen LogP contribution in [0.4, 0.5) is 0 Å². The number of hydrogen-bond acceptors (Lipinski definition) is 4. The Labute approximate surface area is 174 Å². The second kappa shape index (κ2) is 8.05. The molecule has 1 aliphatic rings. The number of hydrogen-bond donors (Lipinski definition) is 2. The van der Waals surface area contributed by atoms with Gasteiger partial charge in [-0.15, -0.1) is 0 Å². The highest BCUT2D eigenvalue weighted by atomic mass is 32.1. The number of carboxylic acids is 1. The molecule has 0 unspecified atom stereocenters. The van der Waals surface area contributed by atoms with Crippen molar-refractivity contribution < 1.29 is 14.3 Å². The van der Waals surface area contributed by atoms with Gasteiger partial charge in [0.15, 0.2) is 5.11 Å². The zero-order chi connectivity index (χ0) is 20.4. The zero-order valence-electron chi connectivity index (χ0n) is 15.9. The molecule has 0 spiro atoms. The highest BCUT2D eigenvalue weighted by molar-refractivity contribution is 7.80. The fourth-order valence-electron chi connectivity index (χ4n) is 3.64. The van der Waals surface area contributed by atoms with Crippen LogP contribution in [0.5, 0.6) is 0 Å². The van der Waals surface area contributed by atoms with Gasteiger partial charge in [-0.3, -0.25) is 4.98 Å². The number of aromatic nitrogens is 1. The van der Waals surface area contributed by atoms with Crippen LogP contribution < -0.4 is 5.32 Å². The van der Waals surface area contributed by atoms with E-state index in [0.717, 1.165) is 30.0 Å². The molecule has 7 heteroatoms. The van der Waals surface area contributed by atoms with Crippen molar-refractivity contribution in [2.24, 2.45) is 0 Å². The lowest BCUT2D eigenvalue weighted by atomic mass is 10.0. The van der Waals surface area contributed by atoms with Crippen molar-refractivity contribution in [3.63, 3.8) is 0 Å². The zero-order valence-corrected chi connectivity index (χ0v) is 16.7. The number of nitrogens with zero attached hydrogens (tertiary/aromatic N) is 2. The summed E-state index contributed by atoms with van der Waals surface area (Å²) in [7, 11) is 0. The van der Waals surface area contributed by atoms with Gasteiger partial charge in [-0.2, -0.15) is 0 Å². The van der Waals surface area contributed by atoms with Crippen molar-refractivity contribution in [2.75, 3.05) is 6.54 Å². The van der Waals surface area contributed by atoms with Gasteiger partial charge in [0.25, 0.3) is 0 Å². The Bertz CT molecular complexity index is 1020. The molecule has 0 amide bonds. The molecule has 3 aromatic rings. The lowest BCUT2D eigenvalue weighted by Crippen LogP contribution is -2.30. The summed E-state index contributed by atoms with van der Waals surface area (Å²) in [6, 6.07) is 16.1. The average molecular weight is 407 g/mol. The van der Waals surface area contributed by atoms with E-state index in [1.165, 1.54) is 0 Å². The number of aromatic carboxylic acids is 1. The first-order chi connectivity index (χ1) is 14.1. The second-order valence-electron chi connectivity index (χ2n) is 6.90. The Balaban J connectivity index is 1.68. The third-order valence-electron chi connectivity index (χ3n) is 5.00. The van der Waals surface area contributed by atoms with E-state index < -0.39 is 5.97 Å². The molecule has 29 heavy (non-hydrogen) atoms. The van der Waals surface area contributed by atoms with Crippen LogP contribution in [-0.4, -0.2) is 32.6 Å². The van der Waals surface area contributed by atoms with E-state index in [4.69, 9.17) is 21.7 Å². The number of rotatable bonds is 6. The number of thiocarbonyl (C=S) groups is 1. The minimum absolute atomic E-state index is 0.107. The van der Waals surface area contributed by atoms with Crippen LogP contribution in [0, 0.1) is 0 Å². The summed E-state index contributed by atoms with van der Waals surface area (Å²) < 4.78 is 6.21. The lowest BCUT2D eigenvalue weighted by Gasteiger charge is -2.25. The maximum absolute atomic E-state index is 11.1. The van der Waals surface area contributed by atoms with Crippen LogP contribution in [0.1, 0.15) is 47.2 Å². The van der Waals surface area contributed by atoms with E-state index in [0.29, 0.717) is 10.9 Å². The highest BCUT2D eigenvalue weighted by Gasteiger charge is 2.41. The number of nitrogens with one attached hydrogen (secondary N) is 1. The molecular weight excluding hydrogens is 386 g/mol. The van der Waals surface area contributed by atoms with Crippen LogP contribution >= 0.6 is 12.2 Å². The van der Waals surface area contributed by atoms with Crippen molar-refractivity contribution in [2.45, 2.75) is 25.4 Å². The van der Waals surface area contributed by atoms with E-state index in [-0.39, 0.29) is 17.6 Å². The molecule has 4 rings (SSSR count). The molecule has 3 heterocycles. The Morgan fingerprint density at radius 2 is 2.00 bits per heavy atom. The summed E-state index contributed by atoms with van der Waals surface area (Å²) in [6.45, 7) is 2.93. The average Bonchev–Trinajstić information content (AvgIpc) is 3.34. The van der Waals surface area contributed by atoms with Crippen molar-refractivity contribution in [3.8, 4) is 11.3 Å². The maximum atomic E-state index is 11.1. The molecule has 1 aromatic carbocycles. The highest BCUT2D eigenvalue weighted by Crippen LogP contribution is 2.40. The van der Waals surface area contributed by atoms with E-state index >= 15 is 0 Å². The predicted octanol–water partition coefficient (Wildman–Crippen LogP) is 4.42. The van der Waals surface area contributed by atoms with Crippen molar-refractivity contribution in [1.29, 1.82) is 0 Å². The molecule has 0 radical (unpaired) electrons. The summed E-state index contributed by atoms with van der Waals surface area (Å²) in [6.07, 6.45) is 2.73. The summed E-state index contributed by atoms with van der Waals surface area (Å²) in [4.78, 5) is 17.7. The Morgan fingerprint density at radius 1 is 1.21 bits per heavy atom. The summed E-state index contributed by atoms with van der Waals surface area (Å²) in [5.41, 5.74) is 1.98. The van der Waals surface area contributed by atoms with Crippen LogP contribution in [0.15, 0.2) is 65.2 Å². The maximum Gasteiger partial charge on any atom is 0.335 e. The second-order valence-corrected chi connectivity index (χ2v) is 7.29. The number of furan rings is 1. The smallest absolute Gasteiger partial charge is 0.335 e. The van der Waals surface area contributed by atoms with Crippen molar-refractivity contribution in [3.05, 3.63) is 77.8 Å². The van der Waals surface area contributed by atoms with E-state index in [1.54, 1.807) is 30.5 Å². The van der Waals surface area contributed by atoms with E-state index in [1.807, 2.05) is 30.3 Å². The third-order valence-corrected chi connectivity index (χ3v) is 5.35. The largest absolute Gasteiger partial charge is 0.478 e. The first-order valence-corrected chi connectivity index (χ1v) is 9.91. The fraction of sp³-hybridized carbons (Fsp3) is 0.227. The van der Waals surface area contributed by atoms with Crippen molar-refractivity contribution >= 4 is 23.3 Å². The third kappa shape index (κ3) is 3.73. The number of carboxylic acid groups (broad SMARTS) is 1. The van der Waals surface area contributed by atoms with Crippen LogP contribution in [0.3, 0.4) is 0 Å². The normalized spacial score (nSPS) is 18.7. The molecule has 0 bridgehead atoms. The lowest BCUT2D eigenvalue weighted by molar-refractivity contribution is 0.0697. The molecule has 0 aliphatic carbocycles. The van der Waals surface area contributed by atoms with Crippen LogP contribution in [0.25, 0.3) is 11.3 Å². The van der Waals surface area contributed by atoms with Gasteiger partial charge in [0.1, 0.15) is 17.6 Å². The Kier molecular flexibility index (Phi) is 5.31. The van der Waals surface area contributed by atoms with E-state index in [9.17, 15) is 4.79 Å². The minimum atomic E-state index is -0.948. The van der Waals surface area contributed by atoms with Gasteiger partial charge in [0.2, 0.25) is 0 Å². The van der Waals surface area contributed by atoms with Gasteiger partial charge in [0.05, 0.1) is 17.3 Å². The topological polar surface area (TPSA) is 78.6 Å². The van der Waals surface area contributed by atoms with Gasteiger partial charge in [-0.25, -0.2) is 4.79 Å². The standard InChI is InChI=1S/C22H21N3O3S/c1-2-13-25-20(19(24-22(25)29)16-5-3-4-12-23-16)18-11-10-17(28-18)14-6-8-15(9-7-14)21(26)27/h3-12,19-20H,2,13H2,1H3,(H,24,29)(H,26,27)/t19-,20-/m1/s1. The molecule has 2 N–H and O–H groups in total. The molecule has 148 valence electrons. The fourth-order valence-corrected chi connectivity index (χ4v) is 3.97. The van der Waals surface area contributed by atoms with Gasteiger partial charge in [0, 0.05) is 18.3 Å². The molecule has 6 nitrogen and oxygen atoms in total. The quantitative estimate of drug-likeness (QED) is 0.586. The molecule has 1 aliphatic heterocycles. The molecule has 1 saturated heterocycles. The molecule has 0 saturated carbocycles. The van der Waals surface area contributed by atoms with Gasteiger partial charge in [-0.1, -0.05) is 25.1 Å². The van der Waals surface area contributed by atoms with E-state index in [2.05, 4.69) is 22.1 Å². The number of carbonyl (C=O) groups is 1. The van der Waals surface area contributed by atoms with Crippen molar-refractivity contribution in [1.82, 2.24) is 15.2 Å². The minimum Gasteiger partial charge on any atom is -0.478 e. The Morgan fingerprint density at radius 3 is 2.66 bits per heavy atom. The molecule has 2 atom stereocenters. The number of pyridine rings is 1. The predicted molar refractivity (Wildman–Crippen MR) is 114 cm³/mol.